The second-order valence-electron chi connectivity index (χ2n) is 4.12. The number of nitrogens with two attached hydrogens (primary N) is 2. The molecule has 3 heteroatoms. The van der Waals surface area contributed by atoms with E-state index in [1.807, 2.05) is 45.0 Å². The van der Waals surface area contributed by atoms with Gasteiger partial charge in [0, 0.05) is 12.1 Å². The molecule has 15 heavy (non-hydrogen) atoms. The van der Waals surface area contributed by atoms with Crippen molar-refractivity contribution in [1.82, 2.24) is 0 Å². The van der Waals surface area contributed by atoms with E-state index in [4.69, 9.17) is 16.2 Å². The molecular formula is C12H20N2O. The van der Waals surface area contributed by atoms with Gasteiger partial charge in [0.05, 0.1) is 6.10 Å². The highest BCUT2D eigenvalue weighted by molar-refractivity contribution is 5.29. The van der Waals surface area contributed by atoms with Gasteiger partial charge in [-0.05, 0) is 38.5 Å². The minimum atomic E-state index is -0.113. The van der Waals surface area contributed by atoms with Crippen molar-refractivity contribution in [2.75, 3.05) is 0 Å². The lowest BCUT2D eigenvalue weighted by Crippen LogP contribution is -2.30. The average Bonchev–Trinajstić information content (AvgIpc) is 2.17. The average molecular weight is 208 g/mol. The van der Waals surface area contributed by atoms with Crippen LogP contribution in [0.3, 0.4) is 0 Å². The Labute approximate surface area is 91.4 Å². The van der Waals surface area contributed by atoms with Crippen molar-refractivity contribution in [1.29, 1.82) is 0 Å². The summed E-state index contributed by atoms with van der Waals surface area (Å²) in [5.74, 6) is 0.866. The van der Waals surface area contributed by atoms with E-state index in [-0.39, 0.29) is 18.2 Å². The molecule has 84 valence electrons. The smallest absolute Gasteiger partial charge is 0.119 e. The van der Waals surface area contributed by atoms with Gasteiger partial charge < -0.3 is 16.2 Å². The topological polar surface area (TPSA) is 61.3 Å². The van der Waals surface area contributed by atoms with E-state index in [2.05, 4.69) is 0 Å². The summed E-state index contributed by atoms with van der Waals surface area (Å²) in [6.07, 6.45) is 0.193. The minimum Gasteiger partial charge on any atom is -0.491 e. The van der Waals surface area contributed by atoms with Crippen molar-refractivity contribution in [2.45, 2.75) is 39.0 Å². The summed E-state index contributed by atoms with van der Waals surface area (Å²) < 4.78 is 5.54. The van der Waals surface area contributed by atoms with Gasteiger partial charge in [0.1, 0.15) is 5.75 Å². The molecule has 0 saturated carbocycles. The highest BCUT2D eigenvalue weighted by Crippen LogP contribution is 2.18. The zero-order chi connectivity index (χ0) is 11.4. The molecule has 2 atom stereocenters. The number of benzene rings is 1. The van der Waals surface area contributed by atoms with E-state index >= 15 is 0 Å². The molecule has 0 fully saturated rings. The van der Waals surface area contributed by atoms with Crippen molar-refractivity contribution in [3.05, 3.63) is 29.8 Å². The first-order valence-electron chi connectivity index (χ1n) is 5.28. The highest BCUT2D eigenvalue weighted by atomic mass is 16.5. The molecule has 0 radical (unpaired) electrons. The summed E-state index contributed by atoms with van der Waals surface area (Å²) in [7, 11) is 0. The Morgan fingerprint density at radius 1 is 1.00 bits per heavy atom. The monoisotopic (exact) mass is 208 g/mol. The maximum Gasteiger partial charge on any atom is 0.119 e. The Morgan fingerprint density at radius 3 is 1.93 bits per heavy atom. The zero-order valence-corrected chi connectivity index (χ0v) is 9.60. The van der Waals surface area contributed by atoms with Crippen LogP contribution in [0.15, 0.2) is 24.3 Å². The van der Waals surface area contributed by atoms with E-state index < -0.39 is 0 Å². The third-order valence-corrected chi connectivity index (χ3v) is 2.20. The predicted molar refractivity (Wildman–Crippen MR) is 62.8 cm³/mol. The van der Waals surface area contributed by atoms with Crippen LogP contribution >= 0.6 is 0 Å². The standard InChI is InChI=1S/C12H20N2O/c1-8(2)15-11-6-4-10(5-7-11)12(14)9(3)13/h4-9,12H,13-14H2,1-3H3. The highest BCUT2D eigenvalue weighted by Gasteiger charge is 2.10. The molecule has 1 aromatic rings. The molecule has 1 rings (SSSR count). The first-order valence-corrected chi connectivity index (χ1v) is 5.28. The molecule has 0 aliphatic rings. The van der Waals surface area contributed by atoms with Gasteiger partial charge in [-0.2, -0.15) is 0 Å². The first-order chi connectivity index (χ1) is 7.00. The molecular weight excluding hydrogens is 188 g/mol. The fourth-order valence-corrected chi connectivity index (χ4v) is 1.34. The summed E-state index contributed by atoms with van der Waals surface area (Å²) in [5.41, 5.74) is 12.7. The molecule has 0 spiro atoms. The van der Waals surface area contributed by atoms with Crippen LogP contribution in [-0.4, -0.2) is 12.1 Å². The minimum absolute atomic E-state index is 0.0399. The first kappa shape index (κ1) is 12.0. The molecule has 4 N–H and O–H groups in total. The number of ether oxygens (including phenoxy) is 1. The molecule has 2 unspecified atom stereocenters. The van der Waals surface area contributed by atoms with Crippen molar-refractivity contribution in [2.24, 2.45) is 11.5 Å². The summed E-state index contributed by atoms with van der Waals surface area (Å²) in [5, 5.41) is 0. The lowest BCUT2D eigenvalue weighted by Gasteiger charge is -2.16. The predicted octanol–water partition coefficient (Wildman–Crippen LogP) is 1.82. The number of hydrogen-bond donors (Lipinski definition) is 2. The van der Waals surface area contributed by atoms with E-state index in [1.165, 1.54) is 0 Å². The third kappa shape index (κ3) is 3.53. The van der Waals surface area contributed by atoms with Crippen molar-refractivity contribution < 1.29 is 4.74 Å². The maximum absolute atomic E-state index is 5.92. The number of rotatable bonds is 4. The van der Waals surface area contributed by atoms with Crippen LogP contribution in [0.2, 0.25) is 0 Å². The molecule has 0 aliphatic heterocycles. The van der Waals surface area contributed by atoms with Gasteiger partial charge in [0.15, 0.2) is 0 Å². The maximum atomic E-state index is 5.92. The molecule has 0 aromatic heterocycles. The van der Waals surface area contributed by atoms with E-state index in [0.717, 1.165) is 11.3 Å². The largest absolute Gasteiger partial charge is 0.491 e. The summed E-state index contributed by atoms with van der Waals surface area (Å²) >= 11 is 0. The second-order valence-corrected chi connectivity index (χ2v) is 4.12. The van der Waals surface area contributed by atoms with Crippen LogP contribution in [0.5, 0.6) is 5.75 Å². The van der Waals surface area contributed by atoms with Crippen LogP contribution in [0.25, 0.3) is 0 Å². The summed E-state index contributed by atoms with van der Waals surface area (Å²) in [6.45, 7) is 5.91. The Kier molecular flexibility index (Phi) is 4.12. The Balaban J connectivity index is 2.72. The van der Waals surface area contributed by atoms with Gasteiger partial charge in [-0.15, -0.1) is 0 Å². The fraction of sp³-hybridized carbons (Fsp3) is 0.500. The van der Waals surface area contributed by atoms with Crippen molar-refractivity contribution >= 4 is 0 Å². The van der Waals surface area contributed by atoms with Crippen LogP contribution in [0.1, 0.15) is 32.4 Å². The van der Waals surface area contributed by atoms with Gasteiger partial charge >= 0.3 is 0 Å². The normalized spacial score (nSPS) is 15.1. The molecule has 0 saturated heterocycles. The van der Waals surface area contributed by atoms with Crippen LogP contribution < -0.4 is 16.2 Å². The van der Waals surface area contributed by atoms with E-state index in [0.29, 0.717) is 0 Å². The van der Waals surface area contributed by atoms with Gasteiger partial charge in [-0.1, -0.05) is 12.1 Å². The van der Waals surface area contributed by atoms with Gasteiger partial charge in [-0.25, -0.2) is 0 Å². The summed E-state index contributed by atoms with van der Waals surface area (Å²) in [4.78, 5) is 0. The van der Waals surface area contributed by atoms with Crippen molar-refractivity contribution in [3.63, 3.8) is 0 Å². The Bertz CT molecular complexity index is 293. The molecule has 0 aliphatic carbocycles. The Hall–Kier alpha value is -1.06. The molecule has 0 bridgehead atoms. The quantitative estimate of drug-likeness (QED) is 0.793. The Morgan fingerprint density at radius 2 is 1.53 bits per heavy atom. The lowest BCUT2D eigenvalue weighted by molar-refractivity contribution is 0.242. The van der Waals surface area contributed by atoms with E-state index in [1.54, 1.807) is 0 Å². The lowest BCUT2D eigenvalue weighted by atomic mass is 10.0. The third-order valence-electron chi connectivity index (χ3n) is 2.20. The molecule has 0 heterocycles. The van der Waals surface area contributed by atoms with Gasteiger partial charge in [0.25, 0.3) is 0 Å². The fourth-order valence-electron chi connectivity index (χ4n) is 1.34. The SMILES string of the molecule is CC(C)Oc1ccc(C(N)C(C)N)cc1. The van der Waals surface area contributed by atoms with Crippen LogP contribution in [-0.2, 0) is 0 Å². The number of hydrogen-bond acceptors (Lipinski definition) is 3. The van der Waals surface area contributed by atoms with Crippen molar-refractivity contribution in [3.8, 4) is 5.75 Å². The second kappa shape index (κ2) is 5.14. The summed E-state index contributed by atoms with van der Waals surface area (Å²) in [6, 6.07) is 7.63. The van der Waals surface area contributed by atoms with Gasteiger partial charge in [0.2, 0.25) is 0 Å². The molecule has 3 nitrogen and oxygen atoms in total. The van der Waals surface area contributed by atoms with Crippen LogP contribution in [0.4, 0.5) is 0 Å². The van der Waals surface area contributed by atoms with Gasteiger partial charge in [-0.3, -0.25) is 0 Å². The van der Waals surface area contributed by atoms with E-state index in [9.17, 15) is 0 Å². The zero-order valence-electron chi connectivity index (χ0n) is 9.60. The molecule has 1 aromatic carbocycles. The van der Waals surface area contributed by atoms with Crippen LogP contribution in [0, 0.1) is 0 Å². The molecule has 0 amide bonds.